The third-order valence-electron chi connectivity index (χ3n) is 6.97. The quantitative estimate of drug-likeness (QED) is 0.220. The first kappa shape index (κ1) is 25.2. The van der Waals surface area contributed by atoms with Gasteiger partial charge in [0.05, 0.1) is 19.3 Å². The number of hydrogen-bond acceptors (Lipinski definition) is 11. The van der Waals surface area contributed by atoms with Crippen molar-refractivity contribution in [1.29, 1.82) is 0 Å². The van der Waals surface area contributed by atoms with Crippen molar-refractivity contribution in [2.24, 2.45) is 0 Å². The Hall–Kier alpha value is -3.10. The van der Waals surface area contributed by atoms with Gasteiger partial charge in [0.2, 0.25) is 0 Å². The van der Waals surface area contributed by atoms with Crippen LogP contribution in [0, 0.1) is 11.6 Å². The number of rotatable bonds is 10. The molecule has 0 spiro atoms. The van der Waals surface area contributed by atoms with Gasteiger partial charge < -0.3 is 24.6 Å². The second-order valence-corrected chi connectivity index (χ2v) is 10.6. The molecule has 202 valence electrons. The standard InChI is InChI=1S/C24H26F2N6O5S/c1-2-7-38-23-28-21(27-15-9-12(15)11-3-4-13(25)14(26)8-11)18-22(29-23)32(31-30-18)16-10-17(35-6-5-33)20-19(16)36-24(34)37-20/h3-4,8,12,15-17,19-20,33H,2,5-7,9-10H2,1H3,(H,27,28,29)/t12-,15+,16+,17-,19-,20+/m0/s1. The highest BCUT2D eigenvalue weighted by Gasteiger charge is 2.55. The van der Waals surface area contributed by atoms with Crippen LogP contribution in [0.25, 0.3) is 11.2 Å². The Morgan fingerprint density at radius 2 is 2.05 bits per heavy atom. The number of halogens is 2. The highest BCUT2D eigenvalue weighted by atomic mass is 32.2. The third kappa shape index (κ3) is 4.64. The molecule has 38 heavy (non-hydrogen) atoms. The van der Waals surface area contributed by atoms with E-state index in [-0.39, 0.29) is 25.2 Å². The van der Waals surface area contributed by atoms with E-state index in [4.69, 9.17) is 19.2 Å². The predicted octanol–water partition coefficient (Wildman–Crippen LogP) is 3.20. The summed E-state index contributed by atoms with van der Waals surface area (Å²) in [6.45, 7) is 2.00. The number of carbonyl (C=O) groups excluding carboxylic acids is 1. The van der Waals surface area contributed by atoms with Crippen molar-refractivity contribution in [3.8, 4) is 0 Å². The number of aromatic nitrogens is 5. The fourth-order valence-electron chi connectivity index (χ4n) is 5.11. The molecule has 1 aromatic carbocycles. The molecule has 0 unspecified atom stereocenters. The van der Waals surface area contributed by atoms with Crippen LogP contribution in [0.4, 0.5) is 19.4 Å². The highest BCUT2D eigenvalue weighted by Crippen LogP contribution is 2.45. The van der Waals surface area contributed by atoms with Gasteiger partial charge in [0.1, 0.15) is 6.10 Å². The maximum absolute atomic E-state index is 13.8. The molecule has 6 atom stereocenters. The lowest BCUT2D eigenvalue weighted by Gasteiger charge is -2.16. The first-order valence-electron chi connectivity index (χ1n) is 12.5. The van der Waals surface area contributed by atoms with Gasteiger partial charge in [-0.25, -0.2) is 28.2 Å². The molecule has 2 aliphatic carbocycles. The molecule has 11 nitrogen and oxygen atoms in total. The first-order chi connectivity index (χ1) is 18.5. The molecular weight excluding hydrogens is 522 g/mol. The van der Waals surface area contributed by atoms with Crippen molar-refractivity contribution in [3.05, 3.63) is 35.4 Å². The van der Waals surface area contributed by atoms with Crippen LogP contribution in [0.3, 0.4) is 0 Å². The summed E-state index contributed by atoms with van der Waals surface area (Å²) in [4.78, 5) is 21.3. The van der Waals surface area contributed by atoms with Crippen LogP contribution in [0.15, 0.2) is 23.4 Å². The molecule has 0 radical (unpaired) electrons. The van der Waals surface area contributed by atoms with E-state index in [0.717, 1.165) is 24.7 Å². The van der Waals surface area contributed by atoms with Crippen LogP contribution in [0.2, 0.25) is 0 Å². The molecule has 3 aliphatic rings. The van der Waals surface area contributed by atoms with Crippen LogP contribution in [0.5, 0.6) is 0 Å². The lowest BCUT2D eigenvalue weighted by atomic mass is 10.1. The lowest BCUT2D eigenvalue weighted by Crippen LogP contribution is -2.31. The molecule has 0 bridgehead atoms. The molecule has 0 amide bonds. The smallest absolute Gasteiger partial charge is 0.425 e. The van der Waals surface area contributed by atoms with Crippen molar-refractivity contribution in [2.45, 2.75) is 67.7 Å². The number of anilines is 1. The van der Waals surface area contributed by atoms with Crippen LogP contribution < -0.4 is 5.32 Å². The second kappa shape index (κ2) is 10.2. The van der Waals surface area contributed by atoms with Gasteiger partial charge in [0.25, 0.3) is 0 Å². The summed E-state index contributed by atoms with van der Waals surface area (Å²) >= 11 is 1.50. The molecule has 1 saturated heterocycles. The summed E-state index contributed by atoms with van der Waals surface area (Å²) in [5.74, 6) is -0.429. The Morgan fingerprint density at radius 3 is 2.84 bits per heavy atom. The van der Waals surface area contributed by atoms with E-state index >= 15 is 0 Å². The van der Waals surface area contributed by atoms with Crippen LogP contribution >= 0.6 is 11.8 Å². The fourth-order valence-corrected chi connectivity index (χ4v) is 5.81. The predicted molar refractivity (Wildman–Crippen MR) is 131 cm³/mol. The van der Waals surface area contributed by atoms with E-state index in [1.54, 1.807) is 10.7 Å². The zero-order valence-corrected chi connectivity index (χ0v) is 21.2. The van der Waals surface area contributed by atoms with E-state index in [2.05, 4.69) is 27.5 Å². The minimum Gasteiger partial charge on any atom is -0.425 e. The Kier molecular flexibility index (Phi) is 6.78. The Balaban J connectivity index is 1.30. The summed E-state index contributed by atoms with van der Waals surface area (Å²) < 4.78 is 45.3. The van der Waals surface area contributed by atoms with Gasteiger partial charge in [-0.15, -0.1) is 5.10 Å². The number of nitrogens with one attached hydrogen (secondary N) is 1. The summed E-state index contributed by atoms with van der Waals surface area (Å²) in [6, 6.07) is 3.48. The molecule has 3 fully saturated rings. The van der Waals surface area contributed by atoms with Gasteiger partial charge in [-0.1, -0.05) is 30.0 Å². The van der Waals surface area contributed by atoms with E-state index < -0.39 is 42.1 Å². The number of benzene rings is 1. The summed E-state index contributed by atoms with van der Waals surface area (Å²) in [5.41, 5.74) is 1.63. The minimum absolute atomic E-state index is 0.00646. The summed E-state index contributed by atoms with van der Waals surface area (Å²) in [7, 11) is 0. The molecule has 2 N–H and O–H groups in total. The van der Waals surface area contributed by atoms with Gasteiger partial charge in [0, 0.05) is 24.1 Å². The Bertz CT molecular complexity index is 1360. The molecule has 6 rings (SSSR count). The van der Waals surface area contributed by atoms with Crippen molar-refractivity contribution in [2.75, 3.05) is 24.3 Å². The van der Waals surface area contributed by atoms with E-state index in [9.17, 15) is 18.7 Å². The molecule has 2 saturated carbocycles. The summed E-state index contributed by atoms with van der Waals surface area (Å²) in [5, 5.41) is 21.8. The molecule has 1 aliphatic heterocycles. The van der Waals surface area contributed by atoms with Gasteiger partial charge in [0.15, 0.2) is 46.0 Å². The first-order valence-corrected chi connectivity index (χ1v) is 13.5. The van der Waals surface area contributed by atoms with Gasteiger partial charge in [-0.05, 0) is 30.5 Å². The topological polar surface area (TPSA) is 134 Å². The monoisotopic (exact) mass is 548 g/mol. The summed E-state index contributed by atoms with van der Waals surface area (Å²) in [6.07, 6.45) is -0.445. The zero-order valence-electron chi connectivity index (χ0n) is 20.4. The molecule has 2 aromatic heterocycles. The highest BCUT2D eigenvalue weighted by molar-refractivity contribution is 7.99. The third-order valence-corrected chi connectivity index (χ3v) is 8.02. The average molecular weight is 549 g/mol. The minimum atomic E-state index is -0.873. The number of ether oxygens (including phenoxy) is 3. The van der Waals surface area contributed by atoms with Crippen LogP contribution in [0.1, 0.15) is 43.7 Å². The maximum Gasteiger partial charge on any atom is 0.509 e. The second-order valence-electron chi connectivity index (χ2n) is 9.53. The molecular formula is C24H26F2N6O5S. The fraction of sp³-hybridized carbons (Fsp3) is 0.542. The lowest BCUT2D eigenvalue weighted by molar-refractivity contribution is -0.0274. The van der Waals surface area contributed by atoms with Crippen molar-refractivity contribution < 1.29 is 32.9 Å². The van der Waals surface area contributed by atoms with Crippen molar-refractivity contribution >= 4 is 34.9 Å². The Morgan fingerprint density at radius 1 is 1.21 bits per heavy atom. The molecule has 3 aromatic rings. The number of fused-ring (bicyclic) bond motifs is 2. The zero-order chi connectivity index (χ0) is 26.4. The number of aliphatic hydroxyl groups is 1. The largest absolute Gasteiger partial charge is 0.509 e. The molecule has 3 heterocycles. The number of nitrogens with zero attached hydrogens (tertiary/aromatic N) is 5. The van der Waals surface area contributed by atoms with Crippen molar-refractivity contribution in [3.63, 3.8) is 0 Å². The molecule has 14 heteroatoms. The maximum atomic E-state index is 13.8. The van der Waals surface area contributed by atoms with E-state index in [1.807, 2.05) is 0 Å². The van der Waals surface area contributed by atoms with Gasteiger partial charge in [-0.3, -0.25) is 0 Å². The number of thioether (sulfide) groups is 1. The van der Waals surface area contributed by atoms with Crippen molar-refractivity contribution in [1.82, 2.24) is 25.0 Å². The van der Waals surface area contributed by atoms with Gasteiger partial charge >= 0.3 is 6.16 Å². The number of aliphatic hydroxyl groups excluding tert-OH is 1. The SMILES string of the molecule is CCCSc1nc(N[C@@H]2C[C@H]2c2ccc(F)c(F)c2)c2nnn([C@@H]3C[C@H](OCCO)[C@H]4OC(=O)O[C@H]43)c2n1. The Labute approximate surface area is 220 Å². The van der Waals surface area contributed by atoms with Crippen LogP contribution in [-0.2, 0) is 14.2 Å². The normalized spacial score (nSPS) is 27.8. The van der Waals surface area contributed by atoms with E-state index in [0.29, 0.717) is 34.1 Å². The van der Waals surface area contributed by atoms with Crippen LogP contribution in [-0.4, -0.2) is 79.5 Å². The van der Waals surface area contributed by atoms with Gasteiger partial charge in [-0.2, -0.15) is 0 Å². The number of hydrogen-bond donors (Lipinski definition) is 2. The number of carbonyl (C=O) groups is 1. The van der Waals surface area contributed by atoms with E-state index in [1.165, 1.54) is 17.8 Å². The average Bonchev–Trinajstić information content (AvgIpc) is 3.19.